The molecule has 1 amide bonds. The van der Waals surface area contributed by atoms with Gasteiger partial charge in [0.1, 0.15) is 11.9 Å². The van der Waals surface area contributed by atoms with E-state index in [1.54, 1.807) is 35.5 Å². The predicted molar refractivity (Wildman–Crippen MR) is 85.4 cm³/mol. The molecule has 116 valence electrons. The van der Waals surface area contributed by atoms with Crippen molar-refractivity contribution in [2.45, 2.75) is 25.4 Å². The number of thiazole rings is 1. The molecule has 0 saturated carbocycles. The fourth-order valence-electron chi connectivity index (χ4n) is 2.85. The van der Waals surface area contributed by atoms with E-state index in [1.807, 2.05) is 11.4 Å². The number of hydrogen-bond donors (Lipinski definition) is 0. The molecule has 4 nitrogen and oxygen atoms in total. The molecule has 1 aromatic carbocycles. The number of halogens is 1. The molecule has 6 heteroatoms. The molecule has 1 unspecified atom stereocenters. The first-order valence-corrected chi connectivity index (χ1v) is 8.18. The maximum Gasteiger partial charge on any atom is 0.245 e. The quantitative estimate of drug-likeness (QED) is 0.869. The van der Waals surface area contributed by atoms with Gasteiger partial charge in [-0.05, 0) is 30.5 Å². The van der Waals surface area contributed by atoms with Gasteiger partial charge in [-0.15, -0.1) is 11.3 Å². The van der Waals surface area contributed by atoms with Crippen molar-refractivity contribution in [1.82, 2.24) is 9.88 Å². The summed E-state index contributed by atoms with van der Waals surface area (Å²) in [5, 5.41) is 2.82. The molecule has 0 bridgehead atoms. The maximum absolute atomic E-state index is 13.2. The second kappa shape index (κ2) is 6.44. The Kier molecular flexibility index (Phi) is 4.38. The minimum absolute atomic E-state index is 0.0666. The lowest BCUT2D eigenvalue weighted by Gasteiger charge is -2.27. The highest BCUT2D eigenvalue weighted by molar-refractivity contribution is 7.13. The molecule has 0 radical (unpaired) electrons. The monoisotopic (exact) mass is 319 g/mol. The first-order chi connectivity index (χ1) is 10.6. The standard InChI is InChI=1S/C16H18FN3OS/c1-19(11-12-4-2-5-13(17)10-12)15(21)14-6-3-8-20(14)16-18-7-9-22-16/h2,4-5,7,9-10,14H,3,6,8,11H2,1H3. The van der Waals surface area contributed by atoms with Crippen LogP contribution in [0.3, 0.4) is 0 Å². The second-order valence-electron chi connectivity index (χ2n) is 5.49. The first kappa shape index (κ1) is 15.0. The number of anilines is 1. The Morgan fingerprint density at radius 2 is 2.41 bits per heavy atom. The number of nitrogens with zero attached hydrogens (tertiary/aromatic N) is 3. The summed E-state index contributed by atoms with van der Waals surface area (Å²) in [5.41, 5.74) is 0.801. The molecule has 3 rings (SSSR count). The van der Waals surface area contributed by atoms with Crippen LogP contribution in [0.2, 0.25) is 0 Å². The van der Waals surface area contributed by atoms with Crippen LogP contribution in [0.25, 0.3) is 0 Å². The highest BCUT2D eigenvalue weighted by Gasteiger charge is 2.33. The van der Waals surface area contributed by atoms with Gasteiger partial charge in [0.2, 0.25) is 5.91 Å². The molecular weight excluding hydrogens is 301 g/mol. The topological polar surface area (TPSA) is 36.4 Å². The molecule has 1 aliphatic heterocycles. The zero-order valence-electron chi connectivity index (χ0n) is 12.4. The highest BCUT2D eigenvalue weighted by atomic mass is 32.1. The molecule has 0 N–H and O–H groups in total. The van der Waals surface area contributed by atoms with Gasteiger partial charge in [0.15, 0.2) is 5.13 Å². The summed E-state index contributed by atoms with van der Waals surface area (Å²) >= 11 is 1.55. The van der Waals surface area contributed by atoms with Crippen molar-refractivity contribution in [3.8, 4) is 0 Å². The lowest BCUT2D eigenvalue weighted by atomic mass is 10.1. The van der Waals surface area contributed by atoms with Crippen LogP contribution in [0.4, 0.5) is 9.52 Å². The zero-order valence-corrected chi connectivity index (χ0v) is 13.2. The van der Waals surface area contributed by atoms with Gasteiger partial charge >= 0.3 is 0 Å². The molecule has 0 spiro atoms. The van der Waals surface area contributed by atoms with Crippen LogP contribution in [-0.2, 0) is 11.3 Å². The fraction of sp³-hybridized carbons (Fsp3) is 0.375. The van der Waals surface area contributed by atoms with Gasteiger partial charge in [0.25, 0.3) is 0 Å². The Balaban J connectivity index is 1.70. The smallest absolute Gasteiger partial charge is 0.245 e. The van der Waals surface area contributed by atoms with Gasteiger partial charge in [-0.1, -0.05) is 12.1 Å². The van der Waals surface area contributed by atoms with E-state index < -0.39 is 0 Å². The van der Waals surface area contributed by atoms with Crippen LogP contribution in [0.5, 0.6) is 0 Å². The lowest BCUT2D eigenvalue weighted by molar-refractivity contribution is -0.131. The molecule has 0 aliphatic carbocycles. The van der Waals surface area contributed by atoms with Crippen LogP contribution in [0.1, 0.15) is 18.4 Å². The van der Waals surface area contributed by atoms with E-state index in [1.165, 1.54) is 12.1 Å². The van der Waals surface area contributed by atoms with Gasteiger partial charge in [-0.3, -0.25) is 4.79 Å². The number of hydrogen-bond acceptors (Lipinski definition) is 4. The number of likely N-dealkylation sites (N-methyl/N-ethyl adjacent to an activating group) is 1. The second-order valence-corrected chi connectivity index (χ2v) is 6.36. The molecule has 2 heterocycles. The van der Waals surface area contributed by atoms with Gasteiger partial charge in [-0.25, -0.2) is 9.37 Å². The molecule has 1 aliphatic rings. The van der Waals surface area contributed by atoms with E-state index in [4.69, 9.17) is 0 Å². The molecule has 1 atom stereocenters. The minimum Gasteiger partial charge on any atom is -0.340 e. The van der Waals surface area contributed by atoms with Crippen molar-refractivity contribution in [3.05, 3.63) is 47.2 Å². The zero-order chi connectivity index (χ0) is 15.5. The van der Waals surface area contributed by atoms with Gasteiger partial charge in [-0.2, -0.15) is 0 Å². The van der Waals surface area contributed by atoms with Crippen LogP contribution >= 0.6 is 11.3 Å². The summed E-state index contributed by atoms with van der Waals surface area (Å²) in [6, 6.07) is 6.22. The molecule has 1 aromatic heterocycles. The maximum atomic E-state index is 13.2. The Bertz CT molecular complexity index is 647. The number of carbonyl (C=O) groups excluding carboxylic acids is 1. The number of aromatic nitrogens is 1. The Labute approximate surface area is 133 Å². The van der Waals surface area contributed by atoms with Crippen molar-refractivity contribution in [2.75, 3.05) is 18.5 Å². The first-order valence-electron chi connectivity index (χ1n) is 7.30. The average Bonchev–Trinajstić information content (AvgIpc) is 3.17. The van der Waals surface area contributed by atoms with Crippen LogP contribution in [0.15, 0.2) is 35.8 Å². The lowest BCUT2D eigenvalue weighted by Crippen LogP contribution is -2.44. The molecular formula is C16H18FN3OS. The van der Waals surface area contributed by atoms with Crippen LogP contribution in [-0.4, -0.2) is 35.4 Å². The highest BCUT2D eigenvalue weighted by Crippen LogP contribution is 2.28. The third kappa shape index (κ3) is 3.11. The van der Waals surface area contributed by atoms with E-state index in [2.05, 4.69) is 9.88 Å². The van der Waals surface area contributed by atoms with Crippen molar-refractivity contribution in [2.24, 2.45) is 0 Å². The van der Waals surface area contributed by atoms with E-state index in [9.17, 15) is 9.18 Å². The van der Waals surface area contributed by atoms with E-state index >= 15 is 0 Å². The Morgan fingerprint density at radius 3 is 3.14 bits per heavy atom. The third-order valence-corrected chi connectivity index (χ3v) is 4.70. The van der Waals surface area contributed by atoms with Crippen LogP contribution < -0.4 is 4.90 Å². The van der Waals surface area contributed by atoms with E-state index in [-0.39, 0.29) is 17.8 Å². The van der Waals surface area contributed by atoms with Gasteiger partial charge in [0, 0.05) is 31.7 Å². The van der Waals surface area contributed by atoms with Crippen molar-refractivity contribution in [3.63, 3.8) is 0 Å². The predicted octanol–water partition coefficient (Wildman–Crippen LogP) is 2.91. The summed E-state index contributed by atoms with van der Waals surface area (Å²) in [4.78, 5) is 20.8. The molecule has 1 saturated heterocycles. The molecule has 1 fully saturated rings. The Morgan fingerprint density at radius 1 is 1.55 bits per heavy atom. The number of amides is 1. The summed E-state index contributed by atoms with van der Waals surface area (Å²) < 4.78 is 13.2. The van der Waals surface area contributed by atoms with Crippen molar-refractivity contribution in [1.29, 1.82) is 0 Å². The largest absolute Gasteiger partial charge is 0.340 e. The minimum atomic E-state index is -0.274. The number of rotatable bonds is 4. The normalized spacial score (nSPS) is 17.7. The number of carbonyl (C=O) groups is 1. The average molecular weight is 319 g/mol. The molecule has 2 aromatic rings. The van der Waals surface area contributed by atoms with Crippen molar-refractivity contribution < 1.29 is 9.18 Å². The number of benzene rings is 1. The van der Waals surface area contributed by atoms with Gasteiger partial charge in [0.05, 0.1) is 0 Å². The Hall–Kier alpha value is -1.95. The van der Waals surface area contributed by atoms with Crippen LogP contribution in [0, 0.1) is 5.82 Å². The third-order valence-electron chi connectivity index (χ3n) is 3.89. The summed E-state index contributed by atoms with van der Waals surface area (Å²) in [6.45, 7) is 1.27. The summed E-state index contributed by atoms with van der Waals surface area (Å²) in [5.74, 6) is -0.208. The van der Waals surface area contributed by atoms with Gasteiger partial charge < -0.3 is 9.80 Å². The fourth-order valence-corrected chi connectivity index (χ4v) is 3.57. The summed E-state index contributed by atoms with van der Waals surface area (Å²) in [7, 11) is 1.77. The van der Waals surface area contributed by atoms with Crippen molar-refractivity contribution >= 4 is 22.4 Å². The summed E-state index contributed by atoms with van der Waals surface area (Å²) in [6.07, 6.45) is 3.59. The van der Waals surface area contributed by atoms with E-state index in [0.29, 0.717) is 6.54 Å². The molecule has 22 heavy (non-hydrogen) atoms. The van der Waals surface area contributed by atoms with E-state index in [0.717, 1.165) is 30.1 Å². The SMILES string of the molecule is CN(Cc1cccc(F)c1)C(=O)C1CCCN1c1nccs1.